The Kier molecular flexibility index (Phi) is 3.66. The van der Waals surface area contributed by atoms with Crippen molar-refractivity contribution in [3.63, 3.8) is 0 Å². The SMILES string of the molecule is COCC(=O)Oc1ccc2[nH]c3c(C)c4ccncc4c(C)c3c2c1. The molecule has 4 rings (SSSR count). The summed E-state index contributed by atoms with van der Waals surface area (Å²) in [4.78, 5) is 19.5. The number of fused-ring (bicyclic) bond motifs is 4. The van der Waals surface area contributed by atoms with Crippen molar-refractivity contribution in [2.45, 2.75) is 13.8 Å². The van der Waals surface area contributed by atoms with Crippen molar-refractivity contribution in [3.05, 3.63) is 47.8 Å². The van der Waals surface area contributed by atoms with E-state index in [9.17, 15) is 4.79 Å². The Morgan fingerprint density at radius 1 is 1.12 bits per heavy atom. The van der Waals surface area contributed by atoms with Crippen molar-refractivity contribution in [1.82, 2.24) is 9.97 Å². The molecule has 0 saturated carbocycles. The predicted molar refractivity (Wildman–Crippen MR) is 98.1 cm³/mol. The number of nitrogens with one attached hydrogen (secondary N) is 1. The molecular weight excluding hydrogens is 316 g/mol. The van der Waals surface area contributed by atoms with E-state index in [4.69, 9.17) is 9.47 Å². The van der Waals surface area contributed by atoms with Gasteiger partial charge in [-0.15, -0.1) is 0 Å². The highest BCUT2D eigenvalue weighted by Gasteiger charge is 2.15. The van der Waals surface area contributed by atoms with Crippen molar-refractivity contribution in [3.8, 4) is 5.75 Å². The molecule has 5 heteroatoms. The summed E-state index contributed by atoms with van der Waals surface area (Å²) in [6, 6.07) is 7.67. The lowest BCUT2D eigenvalue weighted by Gasteiger charge is -2.08. The topological polar surface area (TPSA) is 64.2 Å². The largest absolute Gasteiger partial charge is 0.425 e. The summed E-state index contributed by atoms with van der Waals surface area (Å²) in [6.45, 7) is 4.14. The van der Waals surface area contributed by atoms with Crippen LogP contribution >= 0.6 is 0 Å². The summed E-state index contributed by atoms with van der Waals surface area (Å²) < 4.78 is 10.2. The molecule has 2 aromatic heterocycles. The van der Waals surface area contributed by atoms with Gasteiger partial charge in [-0.25, -0.2) is 4.79 Å². The van der Waals surface area contributed by atoms with E-state index in [1.807, 2.05) is 30.6 Å². The number of esters is 1. The summed E-state index contributed by atoms with van der Waals surface area (Å²) in [5, 5.41) is 4.50. The fourth-order valence-corrected chi connectivity index (χ4v) is 3.47. The van der Waals surface area contributed by atoms with Gasteiger partial charge in [-0.1, -0.05) is 0 Å². The lowest BCUT2D eigenvalue weighted by atomic mass is 9.97. The van der Waals surface area contributed by atoms with Crippen molar-refractivity contribution in [2.75, 3.05) is 13.7 Å². The van der Waals surface area contributed by atoms with Crippen molar-refractivity contribution in [2.24, 2.45) is 0 Å². The first-order chi connectivity index (χ1) is 12.1. The van der Waals surface area contributed by atoms with Crippen LogP contribution in [0.3, 0.4) is 0 Å². The van der Waals surface area contributed by atoms with Gasteiger partial charge in [-0.2, -0.15) is 0 Å². The molecule has 1 N–H and O–H groups in total. The first kappa shape index (κ1) is 15.6. The van der Waals surface area contributed by atoms with Gasteiger partial charge >= 0.3 is 5.97 Å². The van der Waals surface area contributed by atoms with Gasteiger partial charge < -0.3 is 14.5 Å². The van der Waals surface area contributed by atoms with Gasteiger partial charge in [0.15, 0.2) is 0 Å². The average molecular weight is 334 g/mol. The smallest absolute Gasteiger partial charge is 0.337 e. The number of nitrogens with zero attached hydrogens (tertiary/aromatic N) is 1. The van der Waals surface area contributed by atoms with E-state index in [1.54, 1.807) is 6.07 Å². The van der Waals surface area contributed by atoms with Crippen LogP contribution in [0.15, 0.2) is 36.7 Å². The number of hydrogen-bond acceptors (Lipinski definition) is 4. The number of H-pyrrole nitrogens is 1. The van der Waals surface area contributed by atoms with E-state index in [1.165, 1.54) is 18.1 Å². The molecule has 0 aliphatic heterocycles. The van der Waals surface area contributed by atoms with Crippen molar-refractivity contribution < 1.29 is 14.3 Å². The molecule has 0 amide bonds. The van der Waals surface area contributed by atoms with E-state index in [0.717, 1.165) is 32.8 Å². The number of carbonyl (C=O) groups is 1. The van der Waals surface area contributed by atoms with Crippen LogP contribution in [0.1, 0.15) is 11.1 Å². The Morgan fingerprint density at radius 3 is 2.76 bits per heavy atom. The molecule has 4 aromatic rings. The Balaban J connectivity index is 1.99. The number of methoxy groups -OCH3 is 1. The van der Waals surface area contributed by atoms with E-state index in [-0.39, 0.29) is 6.61 Å². The Morgan fingerprint density at radius 2 is 1.96 bits per heavy atom. The second-order valence-corrected chi connectivity index (χ2v) is 6.16. The van der Waals surface area contributed by atoms with E-state index >= 15 is 0 Å². The lowest BCUT2D eigenvalue weighted by Crippen LogP contribution is -2.13. The molecular formula is C20H18N2O3. The Bertz CT molecular complexity index is 1130. The average Bonchev–Trinajstić information content (AvgIpc) is 2.99. The molecule has 0 saturated heterocycles. The normalized spacial score (nSPS) is 11.5. The second kappa shape index (κ2) is 5.86. The molecule has 0 bridgehead atoms. The first-order valence-electron chi connectivity index (χ1n) is 8.08. The standard InChI is InChI=1S/C20H18N2O3/c1-11-16-9-21-7-6-14(16)12(2)20-19(11)15-8-13(4-5-17(15)22-20)25-18(23)10-24-3/h4-9,22H,10H2,1-3H3. The van der Waals surface area contributed by atoms with Crippen molar-refractivity contribution in [1.29, 1.82) is 0 Å². The number of aryl methyl sites for hydroxylation is 2. The second-order valence-electron chi connectivity index (χ2n) is 6.16. The van der Waals surface area contributed by atoms with Crippen LogP contribution in [0.5, 0.6) is 5.75 Å². The van der Waals surface area contributed by atoms with Gasteiger partial charge in [0.1, 0.15) is 12.4 Å². The van der Waals surface area contributed by atoms with Crippen LogP contribution in [0, 0.1) is 13.8 Å². The molecule has 0 spiro atoms. The quantitative estimate of drug-likeness (QED) is 0.454. The number of aromatic amines is 1. The van der Waals surface area contributed by atoms with Gasteiger partial charge in [0, 0.05) is 41.2 Å². The van der Waals surface area contributed by atoms with Gasteiger partial charge in [-0.05, 0) is 54.6 Å². The summed E-state index contributed by atoms with van der Waals surface area (Å²) in [5.41, 5.74) is 4.46. The third-order valence-electron chi connectivity index (χ3n) is 4.64. The number of ether oxygens (including phenoxy) is 2. The molecule has 2 heterocycles. The minimum absolute atomic E-state index is 0.0691. The molecule has 0 aliphatic carbocycles. The fourth-order valence-electron chi connectivity index (χ4n) is 3.47. The number of aromatic nitrogens is 2. The van der Waals surface area contributed by atoms with Gasteiger partial charge in [0.05, 0.1) is 5.52 Å². The number of hydrogen-bond donors (Lipinski definition) is 1. The summed E-state index contributed by atoms with van der Waals surface area (Å²) >= 11 is 0. The highest BCUT2D eigenvalue weighted by Crippen LogP contribution is 2.37. The molecule has 0 aliphatic rings. The summed E-state index contributed by atoms with van der Waals surface area (Å²) in [7, 11) is 1.47. The highest BCUT2D eigenvalue weighted by molar-refractivity contribution is 6.16. The zero-order valence-corrected chi connectivity index (χ0v) is 14.3. The molecule has 0 atom stereocenters. The van der Waals surface area contributed by atoms with Gasteiger partial charge in [-0.3, -0.25) is 4.98 Å². The maximum Gasteiger partial charge on any atom is 0.337 e. The molecule has 0 unspecified atom stereocenters. The zero-order valence-electron chi connectivity index (χ0n) is 14.3. The number of carbonyl (C=O) groups excluding carboxylic acids is 1. The highest BCUT2D eigenvalue weighted by atomic mass is 16.6. The monoisotopic (exact) mass is 334 g/mol. The Hall–Kier alpha value is -2.92. The molecule has 2 aromatic carbocycles. The number of benzene rings is 2. The van der Waals surface area contributed by atoms with Crippen LogP contribution in [0.25, 0.3) is 32.6 Å². The Labute approximate surface area is 144 Å². The van der Waals surface area contributed by atoms with Gasteiger partial charge in [0.2, 0.25) is 0 Å². The van der Waals surface area contributed by atoms with Crippen LogP contribution in [0.4, 0.5) is 0 Å². The number of pyridine rings is 1. The van der Waals surface area contributed by atoms with Crippen molar-refractivity contribution >= 4 is 38.5 Å². The minimum Gasteiger partial charge on any atom is -0.425 e. The zero-order chi connectivity index (χ0) is 17.6. The van der Waals surface area contributed by atoms with E-state index in [2.05, 4.69) is 23.8 Å². The van der Waals surface area contributed by atoms with E-state index < -0.39 is 5.97 Å². The molecule has 126 valence electrons. The molecule has 0 radical (unpaired) electrons. The fraction of sp³-hybridized carbons (Fsp3) is 0.200. The molecule has 25 heavy (non-hydrogen) atoms. The van der Waals surface area contributed by atoms with E-state index in [0.29, 0.717) is 5.75 Å². The number of rotatable bonds is 3. The predicted octanol–water partition coefficient (Wildman–Crippen LogP) is 4.04. The maximum atomic E-state index is 11.7. The van der Waals surface area contributed by atoms with Crippen LogP contribution in [0.2, 0.25) is 0 Å². The summed E-state index contributed by atoms with van der Waals surface area (Å²) in [6.07, 6.45) is 3.72. The maximum absolute atomic E-state index is 11.7. The van der Waals surface area contributed by atoms with Gasteiger partial charge in [0.25, 0.3) is 0 Å². The summed E-state index contributed by atoms with van der Waals surface area (Å²) in [5.74, 6) is 0.100. The van der Waals surface area contributed by atoms with Crippen LogP contribution in [-0.4, -0.2) is 29.7 Å². The van der Waals surface area contributed by atoms with Crippen LogP contribution in [-0.2, 0) is 9.53 Å². The minimum atomic E-state index is -0.413. The lowest BCUT2D eigenvalue weighted by molar-refractivity contribution is -0.138. The molecule has 0 fully saturated rings. The third kappa shape index (κ3) is 2.44. The first-order valence-corrected chi connectivity index (χ1v) is 8.08. The molecule has 5 nitrogen and oxygen atoms in total. The third-order valence-corrected chi connectivity index (χ3v) is 4.64. The van der Waals surface area contributed by atoms with Crippen LogP contribution < -0.4 is 4.74 Å².